The first-order valence-electron chi connectivity index (χ1n) is 29.0. The summed E-state index contributed by atoms with van der Waals surface area (Å²) in [6.07, 6.45) is 4.66. The topological polar surface area (TPSA) is 9.72 Å². The molecule has 1 aliphatic carbocycles. The molecule has 79 heavy (non-hydrogen) atoms. The number of hydrogen-bond donors (Lipinski definition) is 0. The van der Waals surface area contributed by atoms with Crippen LogP contribution in [-0.4, -0.2) is 12.3 Å². The highest BCUT2D eigenvalue weighted by molar-refractivity contribution is 7.26. The summed E-state index contributed by atoms with van der Waals surface area (Å²) < 4.78 is 2.62. The molecule has 4 heterocycles. The molecular formula is C74H72BN3S. The maximum Gasteiger partial charge on any atom is 0.252 e. The van der Waals surface area contributed by atoms with Crippen molar-refractivity contribution in [2.45, 2.75) is 129 Å². The van der Waals surface area contributed by atoms with Crippen LogP contribution in [0.3, 0.4) is 0 Å². The maximum absolute atomic E-state index is 2.84. The zero-order valence-electron chi connectivity index (χ0n) is 48.1. The minimum absolute atomic E-state index is 0.0399. The lowest BCUT2D eigenvalue weighted by Gasteiger charge is -2.51. The van der Waals surface area contributed by atoms with Gasteiger partial charge in [-0.15, -0.1) is 11.3 Å². The van der Waals surface area contributed by atoms with Crippen LogP contribution >= 0.6 is 11.3 Å². The Morgan fingerprint density at radius 3 is 1.62 bits per heavy atom. The van der Waals surface area contributed by atoms with Crippen LogP contribution in [0.1, 0.15) is 124 Å². The average Bonchev–Trinajstić information content (AvgIpc) is 3.19. The highest BCUT2D eigenvalue weighted by atomic mass is 32.1. The smallest absolute Gasteiger partial charge is 0.252 e. The highest BCUT2D eigenvalue weighted by Gasteiger charge is 2.58. The molecule has 10 aromatic rings. The first-order chi connectivity index (χ1) is 37.8. The van der Waals surface area contributed by atoms with Crippen molar-refractivity contribution in [1.29, 1.82) is 0 Å². The fourth-order valence-corrected chi connectivity index (χ4v) is 15.6. The van der Waals surface area contributed by atoms with Gasteiger partial charge < -0.3 is 14.7 Å². The summed E-state index contributed by atoms with van der Waals surface area (Å²) in [5.74, 6) is 0. The normalized spacial score (nSPS) is 18.6. The molecule has 0 spiro atoms. The minimum atomic E-state index is -0.204. The fraction of sp³-hybridized carbons (Fsp3) is 0.270. The van der Waals surface area contributed by atoms with Crippen molar-refractivity contribution in [2.24, 2.45) is 0 Å². The SMILES string of the molecule is CC(C)(C)c1ccc(N2c3cc(C(C)(C)C)ccc3B3c4ccc(C(C)(C)C)cc4N(c4cccc5sc6ccccc6c45)c4cc(N5c6ccc(-c7ccccc7)cc6C6(C)CCCCC56C)cc2c43)c(-c2ccccc2)c1. The van der Waals surface area contributed by atoms with Crippen molar-refractivity contribution >= 4 is 100 Å². The Bertz CT molecular complexity index is 4100. The standard InChI is InChI=1S/C74H72BN3S/c1-70(2,3)50-34-38-59(55(42-50)48-25-16-13-17-26-48)76-62-43-51(71(4,5)6)32-35-57(62)75-58-36-33-52(72(7,8)9)44-63(58)77(61-28-22-30-67-68(61)54-27-18-19-29-66(54)79-67)65-46-53(45-64(76)69(65)75)78-60-37-31-49(47-23-14-12-15-24-47)41-56(60)73(10)39-20-21-40-74(73,78)11/h12-19,22-38,41-46H,20-21,39-40H2,1-11H3. The molecule has 3 nitrogen and oxygen atoms in total. The van der Waals surface area contributed by atoms with Crippen molar-refractivity contribution in [3.05, 3.63) is 210 Å². The molecule has 0 N–H and O–H groups in total. The van der Waals surface area contributed by atoms with Crippen LogP contribution in [0, 0.1) is 0 Å². The number of hydrogen-bond acceptors (Lipinski definition) is 4. The van der Waals surface area contributed by atoms with E-state index in [4.69, 9.17) is 0 Å². The van der Waals surface area contributed by atoms with Gasteiger partial charge in [0.2, 0.25) is 0 Å². The zero-order chi connectivity index (χ0) is 54.5. The maximum atomic E-state index is 2.84. The monoisotopic (exact) mass is 1050 g/mol. The predicted molar refractivity (Wildman–Crippen MR) is 343 cm³/mol. The van der Waals surface area contributed by atoms with Gasteiger partial charge in [0, 0.05) is 65.3 Å². The zero-order valence-corrected chi connectivity index (χ0v) is 48.9. The summed E-state index contributed by atoms with van der Waals surface area (Å²) in [7, 11) is 0. The quantitative estimate of drug-likeness (QED) is 0.159. The van der Waals surface area contributed by atoms with E-state index in [2.05, 4.69) is 279 Å². The summed E-state index contributed by atoms with van der Waals surface area (Å²) in [5.41, 5.74) is 24.0. The number of fused-ring (bicyclic) bond motifs is 10. The predicted octanol–water partition coefficient (Wildman–Crippen LogP) is 19.1. The van der Waals surface area contributed by atoms with Crippen molar-refractivity contribution in [2.75, 3.05) is 14.7 Å². The molecule has 2 atom stereocenters. The van der Waals surface area contributed by atoms with E-state index in [9.17, 15) is 0 Å². The van der Waals surface area contributed by atoms with Gasteiger partial charge in [-0.05, 0) is 158 Å². The van der Waals surface area contributed by atoms with E-state index in [-0.39, 0.29) is 33.9 Å². The van der Waals surface area contributed by atoms with E-state index in [0.29, 0.717) is 0 Å². The van der Waals surface area contributed by atoms with E-state index in [1.54, 1.807) is 0 Å². The Morgan fingerprint density at radius 1 is 0.430 bits per heavy atom. The molecule has 5 heteroatoms. The Morgan fingerprint density at radius 2 is 0.975 bits per heavy atom. The van der Waals surface area contributed by atoms with E-state index in [1.807, 2.05) is 11.3 Å². The lowest BCUT2D eigenvalue weighted by molar-refractivity contribution is 0.195. The molecule has 3 aliphatic heterocycles. The molecule has 0 amide bonds. The van der Waals surface area contributed by atoms with Crippen LogP contribution in [0.5, 0.6) is 0 Å². The summed E-state index contributed by atoms with van der Waals surface area (Å²) in [6.45, 7) is 26.4. The first-order valence-corrected chi connectivity index (χ1v) is 29.8. The highest BCUT2D eigenvalue weighted by Crippen LogP contribution is 2.63. The number of rotatable bonds is 5. The molecule has 9 aromatic carbocycles. The number of thiophene rings is 1. The van der Waals surface area contributed by atoms with Gasteiger partial charge in [-0.25, -0.2) is 0 Å². The number of benzene rings is 9. The second-order valence-electron chi connectivity index (χ2n) is 26.9. The summed E-state index contributed by atoms with van der Waals surface area (Å²) in [6, 6.07) is 73.3. The molecule has 2 unspecified atom stereocenters. The number of anilines is 8. The van der Waals surface area contributed by atoms with Gasteiger partial charge in [0.25, 0.3) is 6.71 Å². The largest absolute Gasteiger partial charge is 0.334 e. The lowest BCUT2D eigenvalue weighted by Crippen LogP contribution is -2.61. The molecule has 0 saturated heterocycles. The minimum Gasteiger partial charge on any atom is -0.334 e. The van der Waals surface area contributed by atoms with Gasteiger partial charge in [0.05, 0.1) is 16.9 Å². The fourth-order valence-electron chi connectivity index (χ4n) is 14.5. The second-order valence-corrected chi connectivity index (χ2v) is 28.0. The third-order valence-corrected chi connectivity index (χ3v) is 20.2. The molecule has 1 saturated carbocycles. The van der Waals surface area contributed by atoms with Gasteiger partial charge in [-0.1, -0.05) is 203 Å². The van der Waals surface area contributed by atoms with Crippen molar-refractivity contribution in [1.82, 2.24) is 0 Å². The second kappa shape index (κ2) is 17.6. The molecule has 0 bridgehead atoms. The van der Waals surface area contributed by atoms with Gasteiger partial charge in [0.1, 0.15) is 0 Å². The van der Waals surface area contributed by atoms with E-state index >= 15 is 0 Å². The van der Waals surface area contributed by atoms with Crippen LogP contribution < -0.4 is 31.1 Å². The van der Waals surface area contributed by atoms with Gasteiger partial charge in [-0.3, -0.25) is 0 Å². The molecule has 14 rings (SSSR count). The molecule has 1 fully saturated rings. The Labute approximate surface area is 473 Å². The third-order valence-electron chi connectivity index (χ3n) is 19.1. The van der Waals surface area contributed by atoms with Crippen molar-refractivity contribution < 1.29 is 0 Å². The van der Waals surface area contributed by atoms with Crippen LogP contribution in [0.4, 0.5) is 45.5 Å². The van der Waals surface area contributed by atoms with Gasteiger partial charge >= 0.3 is 0 Å². The average molecular weight is 1050 g/mol. The Kier molecular flexibility index (Phi) is 11.1. The first kappa shape index (κ1) is 49.9. The lowest BCUT2D eigenvalue weighted by atomic mass is 9.33. The van der Waals surface area contributed by atoms with Gasteiger partial charge in [0.15, 0.2) is 0 Å². The summed E-state index contributed by atoms with van der Waals surface area (Å²) in [5, 5.41) is 2.62. The summed E-state index contributed by atoms with van der Waals surface area (Å²) in [4.78, 5) is 8.27. The van der Waals surface area contributed by atoms with E-state index in [0.717, 1.165) is 12.8 Å². The van der Waals surface area contributed by atoms with Crippen LogP contribution in [0.15, 0.2) is 188 Å². The van der Waals surface area contributed by atoms with Gasteiger partial charge in [-0.2, -0.15) is 0 Å². The summed E-state index contributed by atoms with van der Waals surface area (Å²) >= 11 is 1.91. The van der Waals surface area contributed by atoms with Crippen molar-refractivity contribution in [3.63, 3.8) is 0 Å². The van der Waals surface area contributed by atoms with E-state index in [1.165, 1.54) is 139 Å². The Balaban J connectivity index is 1.15. The van der Waals surface area contributed by atoms with Crippen LogP contribution in [0.25, 0.3) is 42.4 Å². The number of nitrogens with zero attached hydrogens (tertiary/aromatic N) is 3. The van der Waals surface area contributed by atoms with Crippen molar-refractivity contribution in [3.8, 4) is 22.3 Å². The third kappa shape index (κ3) is 7.58. The molecule has 4 aliphatic rings. The molecular weight excluding hydrogens is 974 g/mol. The van der Waals surface area contributed by atoms with Crippen LogP contribution in [0.2, 0.25) is 0 Å². The molecule has 392 valence electrons. The Hall–Kier alpha value is -7.34. The van der Waals surface area contributed by atoms with Crippen LogP contribution in [-0.2, 0) is 21.7 Å². The molecule has 1 aromatic heterocycles. The molecule has 0 radical (unpaired) electrons. The van der Waals surface area contributed by atoms with E-state index < -0.39 is 0 Å².